The Labute approximate surface area is 214 Å². The highest BCUT2D eigenvalue weighted by Gasteiger charge is 2.49. The molecule has 4 heterocycles. The Kier molecular flexibility index (Phi) is 6.91. The normalized spacial score (nSPS) is 24.0. The minimum atomic E-state index is -3.17. The molecular weight excluding hydrogens is 474 g/mol. The third kappa shape index (κ3) is 4.68. The van der Waals surface area contributed by atoms with E-state index < -0.39 is 10.0 Å². The van der Waals surface area contributed by atoms with Crippen molar-refractivity contribution in [3.8, 4) is 0 Å². The van der Waals surface area contributed by atoms with E-state index in [9.17, 15) is 13.2 Å². The summed E-state index contributed by atoms with van der Waals surface area (Å²) in [4.78, 5) is 26.2. The molecule has 0 aliphatic carbocycles. The predicted molar refractivity (Wildman–Crippen MR) is 139 cm³/mol. The highest BCUT2D eigenvalue weighted by molar-refractivity contribution is 7.89. The van der Waals surface area contributed by atoms with Gasteiger partial charge in [0.15, 0.2) is 0 Å². The first-order chi connectivity index (χ1) is 17.2. The maximum atomic E-state index is 13.2. The molecule has 3 fully saturated rings. The van der Waals surface area contributed by atoms with Crippen LogP contribution in [0.25, 0.3) is 0 Å². The molecule has 1 amide bonds. The Morgan fingerprint density at radius 2 is 1.61 bits per heavy atom. The predicted octanol–water partition coefficient (Wildman–Crippen LogP) is 2.48. The summed E-state index contributed by atoms with van der Waals surface area (Å²) in [7, 11) is -3.17. The van der Waals surface area contributed by atoms with E-state index in [-0.39, 0.29) is 17.1 Å². The largest absolute Gasteiger partial charge is 0.338 e. The topological polar surface area (TPSA) is 86.7 Å². The Bertz CT molecular complexity index is 1180. The maximum absolute atomic E-state index is 13.2. The molecule has 0 radical (unpaired) electrons. The van der Waals surface area contributed by atoms with Gasteiger partial charge in [0.2, 0.25) is 10.0 Å². The molecule has 3 aliphatic rings. The summed E-state index contributed by atoms with van der Waals surface area (Å²) in [5, 5.41) is 0. The van der Waals surface area contributed by atoms with Gasteiger partial charge in [0.05, 0.1) is 22.7 Å². The van der Waals surface area contributed by atoms with Crippen LogP contribution in [0, 0.1) is 25.7 Å². The molecule has 2 aromatic rings. The molecule has 194 valence electrons. The van der Waals surface area contributed by atoms with Crippen molar-refractivity contribution in [3.63, 3.8) is 0 Å². The van der Waals surface area contributed by atoms with Crippen LogP contribution in [0.2, 0.25) is 0 Å². The summed E-state index contributed by atoms with van der Waals surface area (Å²) in [6.07, 6.45) is 3.10. The number of hydrogen-bond donors (Lipinski definition) is 0. The standard InChI is InChI=1S/C27H37N5O3S/c1-4-12-36(34,35)32-17-27(18-32,24-8-6-5-7-9-24)10-11-30-13-22-15-31(16-23(22)14-30)26(33)25-20(2)28-19-29-21(25)3/h5-9,19,22-23H,4,10-18H2,1-3H3. The van der Waals surface area contributed by atoms with E-state index in [4.69, 9.17) is 0 Å². The van der Waals surface area contributed by atoms with Gasteiger partial charge in [-0.3, -0.25) is 4.79 Å². The number of nitrogens with zero attached hydrogens (tertiary/aromatic N) is 5. The second kappa shape index (κ2) is 9.84. The molecule has 2 unspecified atom stereocenters. The number of benzene rings is 1. The number of hydrogen-bond acceptors (Lipinski definition) is 6. The van der Waals surface area contributed by atoms with Crippen molar-refractivity contribution in [1.29, 1.82) is 0 Å². The molecule has 1 aromatic heterocycles. The lowest BCUT2D eigenvalue weighted by Crippen LogP contribution is -2.62. The quantitative estimate of drug-likeness (QED) is 0.541. The highest BCUT2D eigenvalue weighted by atomic mass is 32.2. The molecular formula is C27H37N5O3S. The van der Waals surface area contributed by atoms with E-state index in [0.717, 1.165) is 50.5 Å². The van der Waals surface area contributed by atoms with Gasteiger partial charge < -0.3 is 9.80 Å². The first-order valence-electron chi connectivity index (χ1n) is 13.1. The van der Waals surface area contributed by atoms with Gasteiger partial charge in [-0.05, 0) is 50.6 Å². The highest BCUT2D eigenvalue weighted by Crippen LogP contribution is 2.41. The fourth-order valence-electron chi connectivity index (χ4n) is 6.36. The van der Waals surface area contributed by atoms with Crippen LogP contribution >= 0.6 is 0 Å². The molecule has 36 heavy (non-hydrogen) atoms. The Balaban J connectivity index is 1.20. The third-order valence-electron chi connectivity index (χ3n) is 8.40. The van der Waals surface area contributed by atoms with Crippen molar-refractivity contribution in [2.75, 3.05) is 51.6 Å². The molecule has 1 aromatic carbocycles. The van der Waals surface area contributed by atoms with Gasteiger partial charge in [0.25, 0.3) is 5.91 Å². The van der Waals surface area contributed by atoms with Crippen LogP contribution in [-0.4, -0.2) is 90.0 Å². The van der Waals surface area contributed by atoms with Crippen LogP contribution in [-0.2, 0) is 15.4 Å². The van der Waals surface area contributed by atoms with Gasteiger partial charge in [0.1, 0.15) is 6.33 Å². The number of fused-ring (bicyclic) bond motifs is 1. The number of sulfonamides is 1. The second-order valence-corrected chi connectivity index (χ2v) is 13.0. The lowest BCUT2D eigenvalue weighted by molar-refractivity contribution is 0.0767. The van der Waals surface area contributed by atoms with Gasteiger partial charge >= 0.3 is 0 Å². The van der Waals surface area contributed by atoms with Gasteiger partial charge in [-0.2, -0.15) is 0 Å². The molecule has 9 heteroatoms. The van der Waals surface area contributed by atoms with Crippen molar-refractivity contribution >= 4 is 15.9 Å². The molecule has 3 saturated heterocycles. The van der Waals surface area contributed by atoms with E-state index in [1.165, 1.54) is 11.9 Å². The number of carbonyl (C=O) groups is 1. The van der Waals surface area contributed by atoms with Crippen molar-refractivity contribution in [2.45, 2.75) is 39.0 Å². The lowest BCUT2D eigenvalue weighted by Gasteiger charge is -2.50. The number of aryl methyl sites for hydroxylation is 2. The van der Waals surface area contributed by atoms with E-state index in [0.29, 0.717) is 36.9 Å². The monoisotopic (exact) mass is 511 g/mol. The number of rotatable bonds is 8. The zero-order valence-electron chi connectivity index (χ0n) is 21.6. The summed E-state index contributed by atoms with van der Waals surface area (Å²) in [5.41, 5.74) is 3.25. The van der Waals surface area contributed by atoms with Gasteiger partial charge in [-0.15, -0.1) is 0 Å². The average molecular weight is 512 g/mol. The summed E-state index contributed by atoms with van der Waals surface area (Å²) >= 11 is 0. The van der Waals surface area contributed by atoms with Crippen molar-refractivity contribution in [3.05, 3.63) is 59.2 Å². The molecule has 5 rings (SSSR count). The Morgan fingerprint density at radius 3 is 2.19 bits per heavy atom. The summed E-state index contributed by atoms with van der Waals surface area (Å²) in [6.45, 7) is 11.3. The molecule has 3 aliphatic heterocycles. The van der Waals surface area contributed by atoms with Gasteiger partial charge in [0, 0.05) is 44.7 Å². The van der Waals surface area contributed by atoms with Crippen molar-refractivity contribution in [1.82, 2.24) is 24.1 Å². The number of amides is 1. The number of carbonyl (C=O) groups excluding carboxylic acids is 1. The van der Waals surface area contributed by atoms with Crippen LogP contribution in [0.15, 0.2) is 36.7 Å². The van der Waals surface area contributed by atoms with Crippen LogP contribution in [0.3, 0.4) is 0 Å². The first kappa shape index (κ1) is 25.3. The van der Waals surface area contributed by atoms with Crippen molar-refractivity contribution in [2.24, 2.45) is 11.8 Å². The summed E-state index contributed by atoms with van der Waals surface area (Å²) < 4.78 is 26.9. The number of aromatic nitrogens is 2. The first-order valence-corrected chi connectivity index (χ1v) is 14.7. The zero-order valence-corrected chi connectivity index (χ0v) is 22.4. The molecule has 0 N–H and O–H groups in total. The number of likely N-dealkylation sites (tertiary alicyclic amines) is 2. The molecule has 0 bridgehead atoms. The van der Waals surface area contributed by atoms with E-state index in [1.54, 1.807) is 4.31 Å². The molecule has 2 atom stereocenters. The smallest absolute Gasteiger partial charge is 0.257 e. The lowest BCUT2D eigenvalue weighted by atomic mass is 9.72. The average Bonchev–Trinajstić information content (AvgIpc) is 3.38. The van der Waals surface area contributed by atoms with Crippen molar-refractivity contribution < 1.29 is 13.2 Å². The minimum absolute atomic E-state index is 0.0532. The van der Waals surface area contributed by atoms with Crippen LogP contribution in [0.4, 0.5) is 0 Å². The Hall–Kier alpha value is -2.36. The fourth-order valence-corrected chi connectivity index (χ4v) is 8.02. The van der Waals surface area contributed by atoms with Crippen LogP contribution < -0.4 is 0 Å². The zero-order chi connectivity index (χ0) is 25.5. The van der Waals surface area contributed by atoms with Gasteiger partial charge in [-0.25, -0.2) is 22.7 Å². The van der Waals surface area contributed by atoms with E-state index >= 15 is 0 Å². The van der Waals surface area contributed by atoms with E-state index in [1.807, 2.05) is 43.9 Å². The van der Waals surface area contributed by atoms with Gasteiger partial charge in [-0.1, -0.05) is 37.3 Å². The van der Waals surface area contributed by atoms with Crippen LogP contribution in [0.1, 0.15) is 47.1 Å². The molecule has 0 saturated carbocycles. The summed E-state index contributed by atoms with van der Waals surface area (Å²) in [5.74, 6) is 1.23. The molecule has 8 nitrogen and oxygen atoms in total. The van der Waals surface area contributed by atoms with E-state index in [2.05, 4.69) is 27.0 Å². The summed E-state index contributed by atoms with van der Waals surface area (Å²) in [6, 6.07) is 10.4. The Morgan fingerprint density at radius 1 is 1.00 bits per heavy atom. The van der Waals surface area contributed by atoms with Crippen LogP contribution in [0.5, 0.6) is 0 Å². The fraction of sp³-hybridized carbons (Fsp3) is 0.593. The molecule has 0 spiro atoms. The maximum Gasteiger partial charge on any atom is 0.257 e. The minimum Gasteiger partial charge on any atom is -0.338 e. The third-order valence-corrected chi connectivity index (χ3v) is 10.4. The SMILES string of the molecule is CCCS(=O)(=O)N1CC(CCN2CC3CN(C(=O)c4c(C)ncnc4C)CC3C2)(c2ccccc2)C1. The second-order valence-electron chi connectivity index (χ2n) is 10.9.